The van der Waals surface area contributed by atoms with Crippen molar-refractivity contribution in [1.29, 1.82) is 0 Å². The third-order valence-corrected chi connectivity index (χ3v) is 11.8. The van der Waals surface area contributed by atoms with Gasteiger partial charge in [-0.25, -0.2) is 0 Å². The molecule has 0 rings (SSSR count). The summed E-state index contributed by atoms with van der Waals surface area (Å²) in [4.78, 5) is 22.5. The summed E-state index contributed by atoms with van der Waals surface area (Å²) in [5.41, 5.74) is -0.367. The van der Waals surface area contributed by atoms with E-state index in [0.29, 0.717) is 0 Å². The van der Waals surface area contributed by atoms with Gasteiger partial charge >= 0.3 is 11.9 Å². The average molecular weight is 335 g/mol. The third kappa shape index (κ3) is 6.75. The van der Waals surface area contributed by atoms with Crippen molar-refractivity contribution < 1.29 is 23.2 Å². The Bertz CT molecular complexity index is 334. The topological polar surface area (TPSA) is 61.8 Å². The molecule has 0 heterocycles. The first-order valence-corrected chi connectivity index (χ1v) is 13.5. The number of hydrogen-bond acceptors (Lipinski definition) is 5. The normalized spacial score (nSPS) is 15.2. The molecule has 124 valence electrons. The maximum atomic E-state index is 11.2. The van der Waals surface area contributed by atoms with E-state index in [1.54, 1.807) is 0 Å². The van der Waals surface area contributed by atoms with Gasteiger partial charge in [-0.3, -0.25) is 9.59 Å². The second kappa shape index (κ2) is 8.09. The van der Waals surface area contributed by atoms with Crippen LogP contribution in [-0.4, -0.2) is 40.0 Å². The van der Waals surface area contributed by atoms with Gasteiger partial charge in [0.25, 0.3) is 0 Å². The molecule has 0 saturated heterocycles. The SMILES string of the molecule is CCC(OC(C)=O)[Si](C)(C)O[Si](C)(C)C(CC)OC(C)=O. The third-order valence-electron chi connectivity index (χ3n) is 3.43. The Morgan fingerprint density at radius 2 is 1.10 bits per heavy atom. The van der Waals surface area contributed by atoms with Gasteiger partial charge in [-0.15, -0.1) is 0 Å². The Labute approximate surface area is 130 Å². The van der Waals surface area contributed by atoms with Gasteiger partial charge in [0, 0.05) is 13.8 Å². The maximum absolute atomic E-state index is 11.2. The van der Waals surface area contributed by atoms with Gasteiger partial charge in [0.1, 0.15) is 11.5 Å². The molecule has 0 saturated carbocycles. The van der Waals surface area contributed by atoms with Crippen LogP contribution in [0.5, 0.6) is 0 Å². The van der Waals surface area contributed by atoms with E-state index in [1.807, 2.05) is 13.8 Å². The van der Waals surface area contributed by atoms with Crippen LogP contribution in [0.2, 0.25) is 26.2 Å². The van der Waals surface area contributed by atoms with Crippen LogP contribution in [0, 0.1) is 0 Å². The molecule has 0 bridgehead atoms. The van der Waals surface area contributed by atoms with Crippen molar-refractivity contribution in [3.05, 3.63) is 0 Å². The van der Waals surface area contributed by atoms with Crippen LogP contribution >= 0.6 is 0 Å². The van der Waals surface area contributed by atoms with Crippen molar-refractivity contribution >= 4 is 28.6 Å². The lowest BCUT2D eigenvalue weighted by molar-refractivity contribution is -0.144. The lowest BCUT2D eigenvalue weighted by Gasteiger charge is -2.40. The highest BCUT2D eigenvalue weighted by atomic mass is 28.4. The highest BCUT2D eigenvalue weighted by molar-refractivity contribution is 6.86. The molecule has 0 aliphatic rings. The van der Waals surface area contributed by atoms with Crippen LogP contribution in [0.15, 0.2) is 0 Å². The summed E-state index contributed by atoms with van der Waals surface area (Å²) in [6.45, 7) is 15.0. The van der Waals surface area contributed by atoms with Crippen molar-refractivity contribution in [3.63, 3.8) is 0 Å². The Morgan fingerprint density at radius 3 is 1.29 bits per heavy atom. The summed E-state index contributed by atoms with van der Waals surface area (Å²) >= 11 is 0. The number of carbonyl (C=O) groups is 2. The summed E-state index contributed by atoms with van der Waals surface area (Å²) in [5.74, 6) is -0.560. The van der Waals surface area contributed by atoms with E-state index >= 15 is 0 Å². The van der Waals surface area contributed by atoms with E-state index in [4.69, 9.17) is 13.6 Å². The largest absolute Gasteiger partial charge is 0.463 e. The Balaban J connectivity index is 5.08. The molecule has 7 heteroatoms. The van der Waals surface area contributed by atoms with Crippen LogP contribution in [0.1, 0.15) is 40.5 Å². The van der Waals surface area contributed by atoms with Crippen molar-refractivity contribution in [1.82, 2.24) is 0 Å². The molecule has 5 nitrogen and oxygen atoms in total. The van der Waals surface area contributed by atoms with Gasteiger partial charge in [0.15, 0.2) is 0 Å². The second-order valence-corrected chi connectivity index (χ2v) is 14.8. The van der Waals surface area contributed by atoms with Gasteiger partial charge in [0.05, 0.1) is 0 Å². The molecule has 2 unspecified atom stereocenters. The zero-order valence-corrected chi connectivity index (χ0v) is 16.6. The van der Waals surface area contributed by atoms with Crippen molar-refractivity contribution in [2.45, 2.75) is 78.2 Å². The van der Waals surface area contributed by atoms with Crippen molar-refractivity contribution in [2.24, 2.45) is 0 Å². The molecule has 0 aromatic carbocycles. The van der Waals surface area contributed by atoms with Gasteiger partial charge in [0.2, 0.25) is 16.6 Å². The van der Waals surface area contributed by atoms with Crippen LogP contribution in [-0.2, 0) is 23.2 Å². The minimum absolute atomic E-state index is 0.184. The lowest BCUT2D eigenvalue weighted by Crippen LogP contribution is -2.58. The van der Waals surface area contributed by atoms with Crippen molar-refractivity contribution in [2.75, 3.05) is 0 Å². The average Bonchev–Trinajstić information content (AvgIpc) is 2.30. The molecule has 0 amide bonds. The number of rotatable bonds is 8. The zero-order chi connectivity index (χ0) is 16.8. The summed E-state index contributed by atoms with van der Waals surface area (Å²) < 4.78 is 17.3. The molecule has 2 atom stereocenters. The Kier molecular flexibility index (Phi) is 7.84. The number of hydrogen-bond donors (Lipinski definition) is 0. The van der Waals surface area contributed by atoms with Crippen LogP contribution in [0.3, 0.4) is 0 Å². The summed E-state index contributed by atoms with van der Waals surface area (Å²) in [6, 6.07) is 0. The van der Waals surface area contributed by atoms with E-state index in [1.165, 1.54) is 13.8 Å². The van der Waals surface area contributed by atoms with E-state index in [2.05, 4.69) is 26.2 Å². The lowest BCUT2D eigenvalue weighted by atomic mass is 10.5. The molecule has 0 aromatic heterocycles. The van der Waals surface area contributed by atoms with Gasteiger partial charge < -0.3 is 13.6 Å². The number of esters is 2. The minimum atomic E-state index is -2.23. The fourth-order valence-corrected chi connectivity index (χ4v) is 12.0. The molecule has 0 spiro atoms. The molecule has 0 aliphatic heterocycles. The van der Waals surface area contributed by atoms with Gasteiger partial charge in [-0.1, -0.05) is 13.8 Å². The molecule has 0 fully saturated rings. The number of carbonyl (C=O) groups excluding carboxylic acids is 2. The minimum Gasteiger partial charge on any atom is -0.463 e. The van der Waals surface area contributed by atoms with Crippen LogP contribution in [0.4, 0.5) is 0 Å². The smallest absolute Gasteiger partial charge is 0.302 e. The highest BCUT2D eigenvalue weighted by Gasteiger charge is 2.45. The van der Waals surface area contributed by atoms with E-state index in [0.717, 1.165) is 12.8 Å². The monoisotopic (exact) mass is 334 g/mol. The summed E-state index contributed by atoms with van der Waals surface area (Å²) in [7, 11) is -4.47. The van der Waals surface area contributed by atoms with E-state index < -0.39 is 16.6 Å². The molecule has 21 heavy (non-hydrogen) atoms. The Hall–Kier alpha value is -0.666. The number of ether oxygens (including phenoxy) is 2. The van der Waals surface area contributed by atoms with Gasteiger partial charge in [-0.05, 0) is 39.0 Å². The molecule has 0 aromatic rings. The van der Waals surface area contributed by atoms with Gasteiger partial charge in [-0.2, -0.15) is 0 Å². The predicted octanol–water partition coefficient (Wildman–Crippen LogP) is 3.18. The fraction of sp³-hybridized carbons (Fsp3) is 0.857. The first kappa shape index (κ1) is 20.3. The summed E-state index contributed by atoms with van der Waals surface area (Å²) in [6.07, 6.45) is 1.46. The molecule has 0 aliphatic carbocycles. The fourth-order valence-electron chi connectivity index (χ4n) is 2.64. The highest BCUT2D eigenvalue weighted by Crippen LogP contribution is 2.26. The maximum Gasteiger partial charge on any atom is 0.302 e. The molecule has 0 N–H and O–H groups in total. The van der Waals surface area contributed by atoms with E-state index in [-0.39, 0.29) is 23.4 Å². The Morgan fingerprint density at radius 1 is 0.810 bits per heavy atom. The predicted molar refractivity (Wildman–Crippen MR) is 87.7 cm³/mol. The van der Waals surface area contributed by atoms with Crippen LogP contribution in [0.25, 0.3) is 0 Å². The first-order valence-electron chi connectivity index (χ1n) is 7.50. The molecule has 0 radical (unpaired) electrons. The summed E-state index contributed by atoms with van der Waals surface area (Å²) in [5, 5.41) is 0. The second-order valence-electron chi connectivity index (χ2n) is 6.32. The molecular weight excluding hydrogens is 304 g/mol. The first-order chi connectivity index (χ1) is 9.46. The van der Waals surface area contributed by atoms with E-state index in [9.17, 15) is 9.59 Å². The zero-order valence-electron chi connectivity index (χ0n) is 14.6. The van der Waals surface area contributed by atoms with Crippen molar-refractivity contribution in [3.8, 4) is 0 Å². The van der Waals surface area contributed by atoms with Crippen LogP contribution < -0.4 is 0 Å². The quantitative estimate of drug-likeness (QED) is 0.504. The standard InChI is InChI=1S/C14H30O5Si2/c1-9-13(17-11(3)15)20(5,6)19-21(7,8)14(10-2)18-12(4)16/h13-14H,9-10H2,1-8H3. The molecular formula is C14H30O5Si2.